The summed E-state index contributed by atoms with van der Waals surface area (Å²) in [6, 6.07) is 11.0. The largest absolute Gasteiger partial charge is 0.340 e. The van der Waals surface area contributed by atoms with Gasteiger partial charge in [-0.1, -0.05) is 12.1 Å². The number of anilines is 2. The lowest BCUT2D eigenvalue weighted by molar-refractivity contribution is 0.636. The second-order valence-electron chi connectivity index (χ2n) is 4.86. The highest BCUT2D eigenvalue weighted by Crippen LogP contribution is 2.25. The number of hydrogen-bond acceptors (Lipinski definition) is 3. The lowest BCUT2D eigenvalue weighted by Crippen LogP contribution is -1.97. The van der Waals surface area contributed by atoms with Crippen molar-refractivity contribution in [3.05, 3.63) is 59.7 Å². The van der Waals surface area contributed by atoms with E-state index in [1.807, 2.05) is 32.0 Å². The number of aromatic nitrogens is 2. The third kappa shape index (κ3) is 2.32. The summed E-state index contributed by atoms with van der Waals surface area (Å²) in [7, 11) is 0. The molecular formula is C16H14FN3. The predicted molar refractivity (Wildman–Crippen MR) is 78.7 cm³/mol. The molecule has 0 unspecified atom stereocenters. The fourth-order valence-electron chi connectivity index (χ4n) is 2.33. The number of benzene rings is 2. The van der Waals surface area contributed by atoms with E-state index in [1.54, 1.807) is 6.07 Å². The highest BCUT2D eigenvalue weighted by molar-refractivity contribution is 5.90. The SMILES string of the molecule is Cc1cc(C)cc(Nc2ncnc3c(F)cccc23)c1. The second-order valence-corrected chi connectivity index (χ2v) is 4.86. The normalized spacial score (nSPS) is 10.8. The van der Waals surface area contributed by atoms with Crippen molar-refractivity contribution in [1.29, 1.82) is 0 Å². The molecule has 0 radical (unpaired) electrons. The number of aryl methyl sites for hydroxylation is 2. The zero-order valence-corrected chi connectivity index (χ0v) is 11.3. The first kappa shape index (κ1) is 12.5. The van der Waals surface area contributed by atoms with Gasteiger partial charge in [0.1, 0.15) is 23.5 Å². The molecule has 0 atom stereocenters. The number of rotatable bonds is 2. The highest BCUT2D eigenvalue weighted by Gasteiger charge is 2.07. The van der Waals surface area contributed by atoms with E-state index in [0.29, 0.717) is 16.7 Å². The smallest absolute Gasteiger partial charge is 0.149 e. The topological polar surface area (TPSA) is 37.8 Å². The summed E-state index contributed by atoms with van der Waals surface area (Å²) in [5.74, 6) is 0.271. The summed E-state index contributed by atoms with van der Waals surface area (Å²) >= 11 is 0. The van der Waals surface area contributed by atoms with Crippen LogP contribution >= 0.6 is 0 Å². The van der Waals surface area contributed by atoms with Crippen LogP contribution in [0.3, 0.4) is 0 Å². The maximum atomic E-state index is 13.7. The molecule has 0 saturated heterocycles. The Hall–Kier alpha value is -2.49. The molecule has 100 valence electrons. The molecule has 0 bridgehead atoms. The number of halogens is 1. The van der Waals surface area contributed by atoms with E-state index >= 15 is 0 Å². The van der Waals surface area contributed by atoms with E-state index in [9.17, 15) is 4.39 Å². The molecule has 0 spiro atoms. The summed E-state index contributed by atoms with van der Waals surface area (Å²) < 4.78 is 13.7. The summed E-state index contributed by atoms with van der Waals surface area (Å²) in [6.07, 6.45) is 1.37. The van der Waals surface area contributed by atoms with Gasteiger partial charge in [-0.05, 0) is 49.2 Å². The van der Waals surface area contributed by atoms with E-state index in [0.717, 1.165) is 16.8 Å². The lowest BCUT2D eigenvalue weighted by atomic mass is 10.1. The first-order valence-corrected chi connectivity index (χ1v) is 6.38. The molecule has 0 aliphatic heterocycles. The molecule has 1 heterocycles. The van der Waals surface area contributed by atoms with Gasteiger partial charge >= 0.3 is 0 Å². The zero-order chi connectivity index (χ0) is 14.1. The van der Waals surface area contributed by atoms with Crippen molar-refractivity contribution in [3.8, 4) is 0 Å². The Kier molecular flexibility index (Phi) is 3.06. The minimum Gasteiger partial charge on any atom is -0.340 e. The first-order chi connectivity index (χ1) is 9.63. The van der Waals surface area contributed by atoms with Crippen molar-refractivity contribution in [2.75, 3.05) is 5.32 Å². The van der Waals surface area contributed by atoms with Crippen LogP contribution in [-0.2, 0) is 0 Å². The molecule has 0 saturated carbocycles. The van der Waals surface area contributed by atoms with Crippen molar-refractivity contribution < 1.29 is 4.39 Å². The van der Waals surface area contributed by atoms with E-state index < -0.39 is 0 Å². The standard InChI is InChI=1S/C16H14FN3/c1-10-6-11(2)8-12(7-10)20-16-13-4-3-5-14(17)15(13)18-9-19-16/h3-9H,1-2H3,(H,18,19,20). The Morgan fingerprint density at radius 3 is 2.50 bits per heavy atom. The van der Waals surface area contributed by atoms with Crippen molar-refractivity contribution in [2.45, 2.75) is 13.8 Å². The van der Waals surface area contributed by atoms with Crippen molar-refractivity contribution in [2.24, 2.45) is 0 Å². The van der Waals surface area contributed by atoms with Crippen LogP contribution < -0.4 is 5.32 Å². The quantitative estimate of drug-likeness (QED) is 0.758. The van der Waals surface area contributed by atoms with Crippen LogP contribution in [0.5, 0.6) is 0 Å². The molecule has 0 amide bonds. The lowest BCUT2D eigenvalue weighted by Gasteiger charge is -2.10. The van der Waals surface area contributed by atoms with Gasteiger partial charge in [0.2, 0.25) is 0 Å². The van der Waals surface area contributed by atoms with Gasteiger partial charge in [-0.2, -0.15) is 0 Å². The molecule has 3 nitrogen and oxygen atoms in total. The Bertz CT molecular complexity index is 764. The molecule has 1 aromatic heterocycles. The highest BCUT2D eigenvalue weighted by atomic mass is 19.1. The second kappa shape index (κ2) is 4.89. The van der Waals surface area contributed by atoms with E-state index in [-0.39, 0.29) is 5.82 Å². The van der Waals surface area contributed by atoms with Crippen LogP contribution in [0.25, 0.3) is 10.9 Å². The average Bonchev–Trinajstić information content (AvgIpc) is 2.39. The van der Waals surface area contributed by atoms with Crippen LogP contribution in [0.1, 0.15) is 11.1 Å². The number of hydrogen-bond donors (Lipinski definition) is 1. The number of nitrogens with one attached hydrogen (secondary N) is 1. The van der Waals surface area contributed by atoms with Gasteiger partial charge < -0.3 is 5.32 Å². The van der Waals surface area contributed by atoms with Gasteiger partial charge in [0.25, 0.3) is 0 Å². The van der Waals surface area contributed by atoms with E-state index in [1.165, 1.54) is 12.4 Å². The molecule has 2 aromatic carbocycles. The maximum Gasteiger partial charge on any atom is 0.149 e. The van der Waals surface area contributed by atoms with Gasteiger partial charge in [0.15, 0.2) is 0 Å². The van der Waals surface area contributed by atoms with E-state index in [2.05, 4.69) is 21.4 Å². The third-order valence-corrected chi connectivity index (χ3v) is 3.10. The average molecular weight is 267 g/mol. The minimum atomic E-state index is -0.339. The molecule has 1 N–H and O–H groups in total. The molecule has 3 aromatic rings. The third-order valence-electron chi connectivity index (χ3n) is 3.10. The number of nitrogens with zero attached hydrogens (tertiary/aromatic N) is 2. The molecular weight excluding hydrogens is 253 g/mol. The first-order valence-electron chi connectivity index (χ1n) is 6.38. The molecule has 0 aliphatic rings. The van der Waals surface area contributed by atoms with Crippen LogP contribution in [0.4, 0.5) is 15.9 Å². The van der Waals surface area contributed by atoms with E-state index in [4.69, 9.17) is 0 Å². The Balaban J connectivity index is 2.09. The van der Waals surface area contributed by atoms with Crippen molar-refractivity contribution in [1.82, 2.24) is 9.97 Å². The molecule has 20 heavy (non-hydrogen) atoms. The summed E-state index contributed by atoms with van der Waals surface area (Å²) in [5.41, 5.74) is 3.59. The fraction of sp³-hybridized carbons (Fsp3) is 0.125. The van der Waals surface area contributed by atoms with Crippen LogP contribution in [0, 0.1) is 19.7 Å². The van der Waals surface area contributed by atoms with Gasteiger partial charge in [0.05, 0.1) is 0 Å². The Morgan fingerprint density at radius 2 is 1.75 bits per heavy atom. The van der Waals surface area contributed by atoms with Gasteiger partial charge in [0, 0.05) is 11.1 Å². The number of para-hydroxylation sites is 1. The fourth-order valence-corrected chi connectivity index (χ4v) is 2.33. The molecule has 4 heteroatoms. The number of fused-ring (bicyclic) bond motifs is 1. The summed E-state index contributed by atoms with van der Waals surface area (Å²) in [6.45, 7) is 4.08. The molecule has 0 aliphatic carbocycles. The monoisotopic (exact) mass is 267 g/mol. The van der Waals surface area contributed by atoms with Gasteiger partial charge in [-0.15, -0.1) is 0 Å². The maximum absolute atomic E-state index is 13.7. The van der Waals surface area contributed by atoms with Gasteiger partial charge in [-0.3, -0.25) is 0 Å². The Morgan fingerprint density at radius 1 is 1.00 bits per heavy atom. The zero-order valence-electron chi connectivity index (χ0n) is 11.3. The minimum absolute atomic E-state index is 0.328. The predicted octanol–water partition coefficient (Wildman–Crippen LogP) is 4.13. The van der Waals surface area contributed by atoms with Crippen LogP contribution in [0.15, 0.2) is 42.7 Å². The Labute approximate surface area is 116 Å². The molecule has 3 rings (SSSR count). The van der Waals surface area contributed by atoms with Crippen molar-refractivity contribution >= 4 is 22.4 Å². The van der Waals surface area contributed by atoms with Gasteiger partial charge in [-0.25, -0.2) is 14.4 Å². The summed E-state index contributed by atoms with van der Waals surface area (Å²) in [5, 5.41) is 3.91. The summed E-state index contributed by atoms with van der Waals surface area (Å²) in [4.78, 5) is 8.21. The molecule has 0 fully saturated rings. The van der Waals surface area contributed by atoms with Crippen LogP contribution in [-0.4, -0.2) is 9.97 Å². The van der Waals surface area contributed by atoms with Crippen LogP contribution in [0.2, 0.25) is 0 Å². The van der Waals surface area contributed by atoms with Crippen molar-refractivity contribution in [3.63, 3.8) is 0 Å².